The highest BCUT2D eigenvalue weighted by Crippen LogP contribution is 2.43. The molecule has 4 rings (SSSR count). The molecule has 0 amide bonds. The Morgan fingerprint density at radius 2 is 1.24 bits per heavy atom. The Kier molecular flexibility index (Phi) is 6.06. The summed E-state index contributed by atoms with van der Waals surface area (Å²) in [5.74, 6) is 0. The van der Waals surface area contributed by atoms with E-state index in [1.54, 1.807) is 0 Å². The van der Waals surface area contributed by atoms with Gasteiger partial charge in [0.15, 0.2) is 0 Å². The topological polar surface area (TPSA) is 18.5 Å². The Morgan fingerprint density at radius 1 is 0.724 bits per heavy atom. The second kappa shape index (κ2) is 8.88. The summed E-state index contributed by atoms with van der Waals surface area (Å²) in [6.45, 7) is 7.41. The van der Waals surface area contributed by atoms with Gasteiger partial charge in [-0.3, -0.25) is 0 Å². The van der Waals surface area contributed by atoms with E-state index in [1.165, 1.54) is 33.8 Å². The van der Waals surface area contributed by atoms with Gasteiger partial charge in [0.05, 0.1) is 6.67 Å². The van der Waals surface area contributed by atoms with Crippen LogP contribution in [-0.2, 0) is 0 Å². The molecule has 3 nitrogen and oxygen atoms in total. The van der Waals surface area contributed by atoms with Crippen molar-refractivity contribution in [3.63, 3.8) is 0 Å². The third kappa shape index (κ3) is 4.92. The standard InChI is InChI=1S/C25H30N3P/c1-20-8-12-23(13-9-20)27-17-28(24-14-10-21(2)11-15-24)19-29(18-27)16-26-25-7-5-4-6-22(25)3/h4-15,26H,16-19H2,1-3H3. The van der Waals surface area contributed by atoms with Crippen LogP contribution in [0.5, 0.6) is 0 Å². The molecule has 4 heteroatoms. The summed E-state index contributed by atoms with van der Waals surface area (Å²) in [6, 6.07) is 26.5. The SMILES string of the molecule is Cc1ccc(N2CN(c3ccc(C)cc3)CP(CNc3ccccc3C)C2)cc1. The van der Waals surface area contributed by atoms with Crippen LogP contribution in [0.3, 0.4) is 0 Å². The van der Waals surface area contributed by atoms with Crippen LogP contribution < -0.4 is 15.1 Å². The zero-order chi connectivity index (χ0) is 20.2. The van der Waals surface area contributed by atoms with Gasteiger partial charge in [0.25, 0.3) is 0 Å². The van der Waals surface area contributed by atoms with E-state index in [0.717, 1.165) is 25.5 Å². The van der Waals surface area contributed by atoms with Gasteiger partial charge in [-0.05, 0) is 64.6 Å². The smallest absolute Gasteiger partial charge is 0.0910 e. The van der Waals surface area contributed by atoms with E-state index in [9.17, 15) is 0 Å². The highest BCUT2D eigenvalue weighted by molar-refractivity contribution is 7.58. The number of nitrogens with zero attached hydrogens (tertiary/aromatic N) is 2. The lowest BCUT2D eigenvalue weighted by Crippen LogP contribution is -2.44. The molecule has 3 aromatic carbocycles. The van der Waals surface area contributed by atoms with Crippen LogP contribution in [-0.4, -0.2) is 25.5 Å². The van der Waals surface area contributed by atoms with Gasteiger partial charge in [0.1, 0.15) is 0 Å². The summed E-state index contributed by atoms with van der Waals surface area (Å²) in [7, 11) is -0.208. The number of anilines is 3. The van der Waals surface area contributed by atoms with Crippen LogP contribution in [0.2, 0.25) is 0 Å². The third-order valence-corrected chi connectivity index (χ3v) is 7.61. The summed E-state index contributed by atoms with van der Waals surface area (Å²) in [5, 5.41) is 3.72. The molecule has 1 aliphatic heterocycles. The third-order valence-electron chi connectivity index (χ3n) is 5.52. The monoisotopic (exact) mass is 403 g/mol. The molecule has 1 fully saturated rings. The maximum Gasteiger partial charge on any atom is 0.0910 e. The van der Waals surface area contributed by atoms with E-state index in [0.29, 0.717) is 0 Å². The van der Waals surface area contributed by atoms with E-state index in [-0.39, 0.29) is 7.92 Å². The van der Waals surface area contributed by atoms with Gasteiger partial charge in [-0.25, -0.2) is 0 Å². The van der Waals surface area contributed by atoms with Crippen molar-refractivity contribution < 1.29 is 0 Å². The minimum atomic E-state index is -0.208. The van der Waals surface area contributed by atoms with Gasteiger partial charge in [-0.15, -0.1) is 0 Å². The van der Waals surface area contributed by atoms with Crippen molar-refractivity contribution in [2.75, 3.05) is 40.6 Å². The molecule has 0 saturated carbocycles. The summed E-state index contributed by atoms with van der Waals surface area (Å²) < 4.78 is 0. The number of rotatable bonds is 5. The second-order valence-corrected chi connectivity index (χ2v) is 10.2. The molecule has 0 unspecified atom stereocenters. The van der Waals surface area contributed by atoms with Crippen molar-refractivity contribution in [1.29, 1.82) is 0 Å². The molecular formula is C25H30N3P. The zero-order valence-electron chi connectivity index (χ0n) is 17.6. The van der Waals surface area contributed by atoms with Crippen molar-refractivity contribution in [3.8, 4) is 0 Å². The average molecular weight is 404 g/mol. The Morgan fingerprint density at radius 3 is 1.76 bits per heavy atom. The first-order valence-corrected chi connectivity index (χ1v) is 12.1. The highest BCUT2D eigenvalue weighted by atomic mass is 31.1. The summed E-state index contributed by atoms with van der Waals surface area (Å²) >= 11 is 0. The van der Waals surface area contributed by atoms with Crippen molar-refractivity contribution >= 4 is 25.0 Å². The molecule has 3 aromatic rings. The molecular weight excluding hydrogens is 373 g/mol. The van der Waals surface area contributed by atoms with Crippen molar-refractivity contribution in [1.82, 2.24) is 0 Å². The zero-order valence-corrected chi connectivity index (χ0v) is 18.5. The van der Waals surface area contributed by atoms with Gasteiger partial charge in [0, 0.05) is 35.9 Å². The highest BCUT2D eigenvalue weighted by Gasteiger charge is 2.25. The lowest BCUT2D eigenvalue weighted by Gasteiger charge is -2.43. The van der Waals surface area contributed by atoms with Crippen LogP contribution in [0.25, 0.3) is 0 Å². The molecule has 29 heavy (non-hydrogen) atoms. The largest absolute Gasteiger partial charge is 0.381 e. The summed E-state index contributed by atoms with van der Waals surface area (Å²) in [5.41, 5.74) is 7.82. The van der Waals surface area contributed by atoms with Crippen LogP contribution >= 0.6 is 7.92 Å². The Hall–Kier alpha value is -2.51. The molecule has 0 aromatic heterocycles. The van der Waals surface area contributed by atoms with E-state index in [4.69, 9.17) is 0 Å². The quantitative estimate of drug-likeness (QED) is 0.500. The van der Waals surface area contributed by atoms with Crippen molar-refractivity contribution in [2.45, 2.75) is 20.8 Å². The second-order valence-electron chi connectivity index (χ2n) is 8.00. The summed E-state index contributed by atoms with van der Waals surface area (Å²) in [4.78, 5) is 5.07. The Balaban J connectivity index is 1.54. The van der Waals surface area contributed by atoms with E-state index >= 15 is 0 Å². The minimum Gasteiger partial charge on any atom is -0.381 e. The van der Waals surface area contributed by atoms with Crippen LogP contribution in [0.1, 0.15) is 16.7 Å². The fourth-order valence-electron chi connectivity index (χ4n) is 3.73. The number of nitrogens with one attached hydrogen (secondary N) is 1. The molecule has 1 N–H and O–H groups in total. The van der Waals surface area contributed by atoms with Crippen LogP contribution in [0.4, 0.5) is 17.1 Å². The van der Waals surface area contributed by atoms with Crippen LogP contribution in [0, 0.1) is 20.8 Å². The van der Waals surface area contributed by atoms with Gasteiger partial charge < -0.3 is 15.1 Å². The molecule has 0 bridgehead atoms. The van der Waals surface area contributed by atoms with Crippen molar-refractivity contribution in [3.05, 3.63) is 89.5 Å². The first kappa shape index (κ1) is 19.8. The molecule has 150 valence electrons. The number of benzene rings is 3. The maximum absolute atomic E-state index is 3.72. The maximum atomic E-state index is 3.72. The number of hydrogen-bond acceptors (Lipinski definition) is 3. The molecule has 1 heterocycles. The number of aryl methyl sites for hydroxylation is 3. The predicted molar refractivity (Wildman–Crippen MR) is 129 cm³/mol. The first-order valence-electron chi connectivity index (χ1n) is 10.2. The van der Waals surface area contributed by atoms with Gasteiger partial charge in [-0.1, -0.05) is 53.6 Å². The van der Waals surface area contributed by atoms with E-state index in [2.05, 4.69) is 109 Å². The van der Waals surface area contributed by atoms with Gasteiger partial charge >= 0.3 is 0 Å². The van der Waals surface area contributed by atoms with Crippen molar-refractivity contribution in [2.24, 2.45) is 0 Å². The fraction of sp³-hybridized carbons (Fsp3) is 0.280. The molecule has 0 spiro atoms. The van der Waals surface area contributed by atoms with Gasteiger partial charge in [-0.2, -0.15) is 0 Å². The van der Waals surface area contributed by atoms with Crippen LogP contribution in [0.15, 0.2) is 72.8 Å². The molecule has 1 saturated heterocycles. The average Bonchev–Trinajstić information content (AvgIpc) is 2.74. The predicted octanol–water partition coefficient (Wildman–Crippen LogP) is 6.36. The van der Waals surface area contributed by atoms with Gasteiger partial charge in [0.2, 0.25) is 0 Å². The lowest BCUT2D eigenvalue weighted by atomic mass is 10.2. The molecule has 0 aliphatic carbocycles. The minimum absolute atomic E-state index is 0.208. The summed E-state index contributed by atoms with van der Waals surface area (Å²) in [6.07, 6.45) is 3.28. The molecule has 0 atom stereocenters. The normalized spacial score (nSPS) is 14.9. The lowest BCUT2D eigenvalue weighted by molar-refractivity contribution is 0.795. The number of para-hydroxylation sites is 1. The molecule has 1 aliphatic rings. The Labute approximate surface area is 176 Å². The first-order chi connectivity index (χ1) is 14.1. The molecule has 0 radical (unpaired) electrons. The van der Waals surface area contributed by atoms with E-state index in [1.807, 2.05) is 0 Å². The Bertz CT molecular complexity index is 884. The van der Waals surface area contributed by atoms with E-state index < -0.39 is 0 Å². The fourth-order valence-corrected chi connectivity index (χ4v) is 5.88. The number of hydrogen-bond donors (Lipinski definition) is 1.